The van der Waals surface area contributed by atoms with Gasteiger partial charge in [-0.2, -0.15) is 11.8 Å². The number of hydrogen-bond donors (Lipinski definition) is 2. The van der Waals surface area contributed by atoms with Gasteiger partial charge in [-0.05, 0) is 38.1 Å². The second-order valence-corrected chi connectivity index (χ2v) is 9.39. The molecule has 2 aromatic carbocycles. The molecule has 4 rings (SSSR count). The second kappa shape index (κ2) is 8.39. The zero-order valence-electron chi connectivity index (χ0n) is 17.5. The summed E-state index contributed by atoms with van der Waals surface area (Å²) >= 11 is 1.78. The van der Waals surface area contributed by atoms with Crippen LogP contribution in [-0.2, 0) is 6.42 Å². The normalized spacial score (nSPS) is 17.0. The number of carbonyl (C=O) groups excluding carboxylic acids is 2. The molecule has 9 heteroatoms. The number of nitrogen functional groups attached to an aromatic ring is 1. The van der Waals surface area contributed by atoms with Crippen molar-refractivity contribution < 1.29 is 18.7 Å². The van der Waals surface area contributed by atoms with Gasteiger partial charge in [0.15, 0.2) is 0 Å². The highest BCUT2D eigenvalue weighted by molar-refractivity contribution is 7.99. The van der Waals surface area contributed by atoms with Gasteiger partial charge in [0.05, 0.1) is 11.4 Å². The first-order chi connectivity index (χ1) is 14.8. The number of amides is 3. The third-order valence-corrected chi connectivity index (χ3v) is 6.31. The van der Waals surface area contributed by atoms with Crippen molar-refractivity contribution in [1.82, 2.24) is 10.3 Å². The van der Waals surface area contributed by atoms with Crippen molar-refractivity contribution in [3.63, 3.8) is 0 Å². The summed E-state index contributed by atoms with van der Waals surface area (Å²) < 4.78 is 21.4. The number of halogens is 1. The Labute approximate surface area is 184 Å². The summed E-state index contributed by atoms with van der Waals surface area (Å²) in [5.41, 5.74) is 3.15. The van der Waals surface area contributed by atoms with Gasteiger partial charge >= 0.3 is 6.03 Å². The number of nitrogens with zero attached hydrogens (tertiary/aromatic N) is 2. The van der Waals surface area contributed by atoms with E-state index in [0.717, 1.165) is 23.1 Å². The lowest BCUT2D eigenvalue weighted by atomic mass is 10.0. The Balaban J connectivity index is 1.82. The maximum absolute atomic E-state index is 15.2. The summed E-state index contributed by atoms with van der Waals surface area (Å²) in [4.78, 5) is 28.5. The first-order valence-corrected chi connectivity index (χ1v) is 11.2. The van der Waals surface area contributed by atoms with Crippen LogP contribution >= 0.6 is 11.8 Å². The molecule has 3 N–H and O–H groups in total. The number of anilines is 2. The summed E-state index contributed by atoms with van der Waals surface area (Å²) in [6.07, 6.45) is 0.691. The van der Waals surface area contributed by atoms with Crippen LogP contribution in [0.4, 0.5) is 20.6 Å². The predicted molar refractivity (Wildman–Crippen MR) is 119 cm³/mol. The molecule has 0 bridgehead atoms. The number of ether oxygens (including phenoxy) is 1. The minimum atomic E-state index is -0.698. The molecular formula is C22H25FN4O3S. The van der Waals surface area contributed by atoms with Crippen molar-refractivity contribution in [3.8, 4) is 5.75 Å². The highest BCUT2D eigenvalue weighted by Gasteiger charge is 2.36. The quantitative estimate of drug-likeness (QED) is 0.430. The number of hydrazine groups is 1. The van der Waals surface area contributed by atoms with Crippen LogP contribution in [0.25, 0.3) is 0 Å². The minimum absolute atomic E-state index is 0.0542. The Hall–Kier alpha value is -2.78. The van der Waals surface area contributed by atoms with Gasteiger partial charge in [-0.25, -0.2) is 15.0 Å². The van der Waals surface area contributed by atoms with Crippen LogP contribution in [0.2, 0.25) is 0 Å². The maximum atomic E-state index is 15.2. The number of nitrogens with one attached hydrogen (secondary N) is 1. The lowest BCUT2D eigenvalue weighted by molar-refractivity contribution is 0.0953. The van der Waals surface area contributed by atoms with Gasteiger partial charge in [0.1, 0.15) is 17.2 Å². The number of thioether (sulfide) groups is 1. The van der Waals surface area contributed by atoms with Gasteiger partial charge in [-0.3, -0.25) is 15.1 Å². The fourth-order valence-electron chi connectivity index (χ4n) is 3.92. The van der Waals surface area contributed by atoms with E-state index in [2.05, 4.69) is 0 Å². The molecule has 0 aromatic heterocycles. The molecule has 0 unspecified atom stereocenters. The van der Waals surface area contributed by atoms with Crippen LogP contribution < -0.4 is 20.9 Å². The van der Waals surface area contributed by atoms with Crippen molar-refractivity contribution in [2.75, 3.05) is 29.5 Å². The number of urea groups is 1. The van der Waals surface area contributed by atoms with E-state index in [0.29, 0.717) is 30.9 Å². The highest BCUT2D eigenvalue weighted by atomic mass is 32.2. The lowest BCUT2D eigenvalue weighted by Gasteiger charge is -2.34. The van der Waals surface area contributed by atoms with Crippen LogP contribution in [0.3, 0.4) is 0 Å². The summed E-state index contributed by atoms with van der Waals surface area (Å²) in [6, 6.07) is 9.20. The zero-order chi connectivity index (χ0) is 22.2. The van der Waals surface area contributed by atoms with Gasteiger partial charge in [0, 0.05) is 42.1 Å². The predicted octanol–water partition coefficient (Wildman–Crippen LogP) is 3.45. The van der Waals surface area contributed by atoms with E-state index in [9.17, 15) is 9.59 Å². The number of fused-ring (bicyclic) bond motifs is 1. The number of benzene rings is 2. The van der Waals surface area contributed by atoms with E-state index in [-0.39, 0.29) is 17.3 Å². The second-order valence-electron chi connectivity index (χ2n) is 8.16. The standard InChI is InChI=1S/C22H25FN4O3S/c1-22(2)13-15-4-3-5-18(19(15)30-22)27(21(29)26-8-10-31-11-9-26)17-7-6-14(12-16(17)23)20(28)25-24/h3-7,12H,8-11,13,24H2,1-2H3,(H,25,28). The molecule has 164 valence electrons. The summed E-state index contributed by atoms with van der Waals surface area (Å²) in [7, 11) is 0. The molecule has 3 amide bonds. The van der Waals surface area contributed by atoms with Crippen LogP contribution in [0.15, 0.2) is 36.4 Å². The van der Waals surface area contributed by atoms with Crippen LogP contribution in [0, 0.1) is 5.82 Å². The molecule has 0 saturated carbocycles. The highest BCUT2D eigenvalue weighted by Crippen LogP contribution is 2.45. The third kappa shape index (κ3) is 4.20. The largest absolute Gasteiger partial charge is 0.485 e. The molecular weight excluding hydrogens is 419 g/mol. The van der Waals surface area contributed by atoms with Gasteiger partial charge in [-0.15, -0.1) is 0 Å². The summed E-state index contributed by atoms with van der Waals surface area (Å²) in [5.74, 6) is 6.09. The Kier molecular flexibility index (Phi) is 5.81. The van der Waals surface area contributed by atoms with E-state index in [4.69, 9.17) is 10.6 Å². The van der Waals surface area contributed by atoms with E-state index >= 15 is 4.39 Å². The Bertz CT molecular complexity index is 1020. The van der Waals surface area contributed by atoms with E-state index in [1.165, 1.54) is 17.0 Å². The Morgan fingerprint density at radius 1 is 1.19 bits per heavy atom. The smallest absolute Gasteiger partial charge is 0.329 e. The van der Waals surface area contributed by atoms with Gasteiger partial charge < -0.3 is 9.64 Å². The molecule has 0 spiro atoms. The van der Waals surface area contributed by atoms with Crippen molar-refractivity contribution in [2.45, 2.75) is 25.9 Å². The molecule has 1 fully saturated rings. The van der Waals surface area contributed by atoms with E-state index in [1.807, 2.05) is 31.4 Å². The number of nitrogens with two attached hydrogens (primary N) is 1. The number of rotatable bonds is 3. The summed E-state index contributed by atoms with van der Waals surface area (Å²) in [6.45, 7) is 5.12. The molecule has 31 heavy (non-hydrogen) atoms. The monoisotopic (exact) mass is 444 g/mol. The fourth-order valence-corrected chi connectivity index (χ4v) is 4.82. The molecule has 0 radical (unpaired) electrons. The minimum Gasteiger partial charge on any atom is -0.485 e. The molecule has 2 aliphatic rings. The van der Waals surface area contributed by atoms with Crippen molar-refractivity contribution in [2.24, 2.45) is 5.84 Å². The Morgan fingerprint density at radius 2 is 1.94 bits per heavy atom. The van der Waals surface area contributed by atoms with Gasteiger partial charge in [0.25, 0.3) is 5.91 Å². The van der Waals surface area contributed by atoms with Gasteiger partial charge in [0.2, 0.25) is 0 Å². The van der Waals surface area contributed by atoms with E-state index < -0.39 is 17.3 Å². The average Bonchev–Trinajstić information content (AvgIpc) is 3.09. The Morgan fingerprint density at radius 3 is 2.61 bits per heavy atom. The average molecular weight is 445 g/mol. The molecule has 2 heterocycles. The molecule has 2 aliphatic heterocycles. The van der Waals surface area contributed by atoms with Crippen LogP contribution in [-0.4, -0.2) is 47.0 Å². The van der Waals surface area contributed by atoms with Gasteiger partial charge in [-0.1, -0.05) is 12.1 Å². The molecule has 1 saturated heterocycles. The van der Waals surface area contributed by atoms with Crippen LogP contribution in [0.1, 0.15) is 29.8 Å². The first-order valence-electron chi connectivity index (χ1n) is 10.1. The topological polar surface area (TPSA) is 87.9 Å². The first kappa shape index (κ1) is 21.5. The number of carbonyl (C=O) groups is 2. The third-order valence-electron chi connectivity index (χ3n) is 5.37. The van der Waals surface area contributed by atoms with E-state index in [1.54, 1.807) is 22.7 Å². The molecule has 7 nitrogen and oxygen atoms in total. The number of hydrogen-bond acceptors (Lipinski definition) is 5. The maximum Gasteiger partial charge on any atom is 0.329 e. The molecule has 0 atom stereocenters. The lowest BCUT2D eigenvalue weighted by Crippen LogP contribution is -2.45. The van der Waals surface area contributed by atoms with Crippen molar-refractivity contribution in [1.29, 1.82) is 0 Å². The van der Waals surface area contributed by atoms with Crippen LogP contribution in [0.5, 0.6) is 5.75 Å². The van der Waals surface area contributed by atoms with Crippen molar-refractivity contribution >= 4 is 35.1 Å². The fraction of sp³-hybridized carbons (Fsp3) is 0.364. The molecule has 0 aliphatic carbocycles. The molecule has 2 aromatic rings. The summed E-state index contributed by atoms with van der Waals surface area (Å²) in [5, 5.41) is 0. The SMILES string of the molecule is CC1(C)Cc2cccc(N(C(=O)N3CCSCC3)c3ccc(C(=O)NN)cc3F)c2O1. The van der Waals surface area contributed by atoms with Crippen molar-refractivity contribution in [3.05, 3.63) is 53.3 Å². The zero-order valence-corrected chi connectivity index (χ0v) is 18.3. The number of para-hydroxylation sites is 1.